The van der Waals surface area contributed by atoms with Crippen molar-refractivity contribution in [3.63, 3.8) is 0 Å². The van der Waals surface area contributed by atoms with E-state index in [1.165, 1.54) is 6.07 Å². The van der Waals surface area contributed by atoms with E-state index in [0.717, 1.165) is 18.7 Å². The van der Waals surface area contributed by atoms with Gasteiger partial charge in [-0.1, -0.05) is 6.07 Å². The van der Waals surface area contributed by atoms with Gasteiger partial charge in [0.15, 0.2) is 0 Å². The van der Waals surface area contributed by atoms with Crippen molar-refractivity contribution in [3.05, 3.63) is 29.6 Å². The lowest BCUT2D eigenvalue weighted by atomic mass is 10.1. The normalized spacial score (nSPS) is 24.0. The number of anilines is 1. The molecule has 0 radical (unpaired) electrons. The van der Waals surface area contributed by atoms with E-state index in [-0.39, 0.29) is 17.8 Å². The second-order valence-corrected chi connectivity index (χ2v) is 4.68. The molecule has 0 spiro atoms. The van der Waals surface area contributed by atoms with Crippen LogP contribution < -0.4 is 4.90 Å². The standard InChI is InChI=1S/C13H17ClFNO/c1-9-12(6-7-17-9)16(2)13-5-3-4-11(15)10(13)8-14/h3-5,9,12H,6-8H2,1-2H3. The maximum absolute atomic E-state index is 13.7. The lowest BCUT2D eigenvalue weighted by molar-refractivity contribution is 0.118. The molecule has 0 aromatic heterocycles. The molecule has 1 aromatic carbocycles. The minimum atomic E-state index is -0.240. The van der Waals surface area contributed by atoms with Crippen molar-refractivity contribution >= 4 is 17.3 Å². The second-order valence-electron chi connectivity index (χ2n) is 4.41. The van der Waals surface area contributed by atoms with E-state index in [9.17, 15) is 4.39 Å². The van der Waals surface area contributed by atoms with Crippen molar-refractivity contribution in [1.82, 2.24) is 0 Å². The number of halogens is 2. The first-order valence-electron chi connectivity index (χ1n) is 5.83. The summed E-state index contributed by atoms with van der Waals surface area (Å²) in [5.74, 6) is -0.0511. The topological polar surface area (TPSA) is 12.5 Å². The number of nitrogens with zero attached hydrogens (tertiary/aromatic N) is 1. The van der Waals surface area contributed by atoms with Crippen LogP contribution in [-0.2, 0) is 10.6 Å². The molecule has 1 saturated heterocycles. The maximum Gasteiger partial charge on any atom is 0.129 e. The Bertz CT molecular complexity index is 399. The van der Waals surface area contributed by atoms with Crippen LogP contribution in [0.25, 0.3) is 0 Å². The van der Waals surface area contributed by atoms with Crippen LogP contribution >= 0.6 is 11.6 Å². The Kier molecular flexibility index (Phi) is 3.89. The highest BCUT2D eigenvalue weighted by atomic mass is 35.5. The summed E-state index contributed by atoms with van der Waals surface area (Å²) in [4.78, 5) is 2.08. The molecule has 2 unspecified atom stereocenters. The van der Waals surface area contributed by atoms with E-state index in [0.29, 0.717) is 11.6 Å². The Morgan fingerprint density at radius 2 is 2.29 bits per heavy atom. The Labute approximate surface area is 106 Å². The van der Waals surface area contributed by atoms with Gasteiger partial charge >= 0.3 is 0 Å². The van der Waals surface area contributed by atoms with Gasteiger partial charge in [0, 0.05) is 24.9 Å². The van der Waals surface area contributed by atoms with Gasteiger partial charge in [0.25, 0.3) is 0 Å². The van der Waals surface area contributed by atoms with E-state index in [4.69, 9.17) is 16.3 Å². The van der Waals surface area contributed by atoms with Crippen LogP contribution in [0.4, 0.5) is 10.1 Å². The molecule has 1 aliphatic heterocycles. The van der Waals surface area contributed by atoms with Crippen molar-refractivity contribution in [2.45, 2.75) is 31.4 Å². The Hall–Kier alpha value is -0.800. The van der Waals surface area contributed by atoms with Crippen molar-refractivity contribution < 1.29 is 9.13 Å². The Morgan fingerprint density at radius 3 is 2.88 bits per heavy atom. The molecule has 2 rings (SSSR count). The van der Waals surface area contributed by atoms with Crippen LogP contribution in [0.15, 0.2) is 18.2 Å². The van der Waals surface area contributed by atoms with Crippen LogP contribution in [-0.4, -0.2) is 25.8 Å². The highest BCUT2D eigenvalue weighted by molar-refractivity contribution is 6.17. The van der Waals surface area contributed by atoms with Crippen LogP contribution in [0, 0.1) is 5.82 Å². The fourth-order valence-electron chi connectivity index (χ4n) is 2.42. The Morgan fingerprint density at radius 1 is 1.53 bits per heavy atom. The van der Waals surface area contributed by atoms with Crippen LogP contribution in [0.1, 0.15) is 18.9 Å². The molecule has 0 saturated carbocycles. The molecule has 0 aliphatic carbocycles. The average Bonchev–Trinajstić information content (AvgIpc) is 2.74. The van der Waals surface area contributed by atoms with Gasteiger partial charge in [-0.15, -0.1) is 11.6 Å². The highest BCUT2D eigenvalue weighted by Crippen LogP contribution is 2.29. The summed E-state index contributed by atoms with van der Waals surface area (Å²) in [5, 5.41) is 0. The molecule has 0 amide bonds. The molecule has 17 heavy (non-hydrogen) atoms. The SMILES string of the molecule is CC1OCCC1N(C)c1cccc(F)c1CCl. The predicted octanol–water partition coefficient (Wildman–Crippen LogP) is 3.18. The lowest BCUT2D eigenvalue weighted by Gasteiger charge is -2.30. The Balaban J connectivity index is 2.30. The number of rotatable bonds is 3. The fraction of sp³-hybridized carbons (Fsp3) is 0.538. The minimum Gasteiger partial charge on any atom is -0.376 e. The summed E-state index contributed by atoms with van der Waals surface area (Å²) in [6, 6.07) is 5.37. The number of hydrogen-bond acceptors (Lipinski definition) is 2. The summed E-state index contributed by atoms with van der Waals surface area (Å²) < 4.78 is 19.2. The zero-order valence-corrected chi connectivity index (χ0v) is 10.9. The first-order valence-corrected chi connectivity index (χ1v) is 6.36. The molecule has 1 aliphatic rings. The van der Waals surface area contributed by atoms with Gasteiger partial charge in [-0.25, -0.2) is 4.39 Å². The van der Waals surface area contributed by atoms with E-state index >= 15 is 0 Å². The number of ether oxygens (including phenoxy) is 1. The van der Waals surface area contributed by atoms with E-state index in [2.05, 4.69) is 4.90 Å². The predicted molar refractivity (Wildman–Crippen MR) is 68.2 cm³/mol. The first-order chi connectivity index (χ1) is 8.15. The van der Waals surface area contributed by atoms with Gasteiger partial charge in [0.1, 0.15) is 5.82 Å². The minimum absolute atomic E-state index is 0.173. The third-order valence-electron chi connectivity index (χ3n) is 3.44. The molecule has 2 atom stereocenters. The highest BCUT2D eigenvalue weighted by Gasteiger charge is 2.29. The van der Waals surface area contributed by atoms with Gasteiger partial charge in [0.05, 0.1) is 18.0 Å². The molecule has 0 bridgehead atoms. The van der Waals surface area contributed by atoms with Crippen LogP contribution in [0.3, 0.4) is 0 Å². The summed E-state index contributed by atoms with van der Waals surface area (Å²) in [5.41, 5.74) is 1.43. The molecule has 4 heteroatoms. The maximum atomic E-state index is 13.7. The summed E-state index contributed by atoms with van der Waals surface area (Å²) in [6.45, 7) is 2.82. The van der Waals surface area contributed by atoms with Gasteiger partial charge in [-0.2, -0.15) is 0 Å². The van der Waals surface area contributed by atoms with Crippen molar-refractivity contribution in [3.8, 4) is 0 Å². The van der Waals surface area contributed by atoms with Crippen molar-refractivity contribution in [1.29, 1.82) is 0 Å². The smallest absolute Gasteiger partial charge is 0.129 e. The van der Waals surface area contributed by atoms with Crippen LogP contribution in [0.2, 0.25) is 0 Å². The monoisotopic (exact) mass is 257 g/mol. The fourth-order valence-corrected chi connectivity index (χ4v) is 2.68. The molecule has 94 valence electrons. The zero-order valence-electron chi connectivity index (χ0n) is 10.1. The average molecular weight is 258 g/mol. The van der Waals surface area contributed by atoms with E-state index in [1.54, 1.807) is 6.07 Å². The van der Waals surface area contributed by atoms with E-state index in [1.807, 2.05) is 20.0 Å². The zero-order chi connectivity index (χ0) is 12.4. The van der Waals surface area contributed by atoms with Gasteiger partial charge < -0.3 is 9.64 Å². The molecular weight excluding hydrogens is 241 g/mol. The molecule has 0 N–H and O–H groups in total. The van der Waals surface area contributed by atoms with Crippen LogP contribution in [0.5, 0.6) is 0 Å². The molecule has 1 heterocycles. The van der Waals surface area contributed by atoms with E-state index < -0.39 is 0 Å². The van der Waals surface area contributed by atoms with Gasteiger partial charge in [0.2, 0.25) is 0 Å². The number of benzene rings is 1. The molecule has 1 fully saturated rings. The molecule has 2 nitrogen and oxygen atoms in total. The summed E-state index contributed by atoms with van der Waals surface area (Å²) >= 11 is 5.83. The lowest BCUT2D eigenvalue weighted by Crippen LogP contribution is -2.37. The van der Waals surface area contributed by atoms with Crippen molar-refractivity contribution in [2.75, 3.05) is 18.6 Å². The summed E-state index contributed by atoms with van der Waals surface area (Å²) in [7, 11) is 1.97. The second kappa shape index (κ2) is 5.23. The number of hydrogen-bond donors (Lipinski definition) is 0. The largest absolute Gasteiger partial charge is 0.376 e. The molecular formula is C13H17ClFNO. The third kappa shape index (κ3) is 2.40. The first kappa shape index (κ1) is 12.7. The van der Waals surface area contributed by atoms with Gasteiger partial charge in [-0.05, 0) is 25.5 Å². The molecule has 1 aromatic rings. The van der Waals surface area contributed by atoms with Crippen molar-refractivity contribution in [2.24, 2.45) is 0 Å². The van der Waals surface area contributed by atoms with Gasteiger partial charge in [-0.3, -0.25) is 0 Å². The number of alkyl halides is 1. The quantitative estimate of drug-likeness (QED) is 0.772. The third-order valence-corrected chi connectivity index (χ3v) is 3.71. The number of likely N-dealkylation sites (N-methyl/N-ethyl adjacent to an activating group) is 1. The summed E-state index contributed by atoms with van der Waals surface area (Å²) in [6.07, 6.45) is 1.14.